The second-order valence-corrected chi connectivity index (χ2v) is 20.1. The Morgan fingerprint density at radius 3 is 0.778 bits per heavy atom. The Bertz CT molecular complexity index is 949. The third-order valence-corrected chi connectivity index (χ3v) is 13.0. The quantitative estimate of drug-likeness (QED) is 0.0344. The summed E-state index contributed by atoms with van der Waals surface area (Å²) in [5, 5.41) is 0. The fourth-order valence-electron chi connectivity index (χ4n) is 8.75. The molecule has 1 atom stereocenters. The lowest BCUT2D eigenvalue weighted by atomic mass is 10.0. The molecule has 0 aliphatic heterocycles. The maximum absolute atomic E-state index is 12.8. The van der Waals surface area contributed by atoms with Gasteiger partial charge in [-0.25, -0.2) is 0 Å². The van der Waals surface area contributed by atoms with Crippen LogP contribution in [0.25, 0.3) is 0 Å². The van der Waals surface area contributed by atoms with Crippen LogP contribution in [-0.2, 0) is 28.6 Å². The van der Waals surface area contributed by atoms with Gasteiger partial charge in [0.1, 0.15) is 13.2 Å². The summed E-state index contributed by atoms with van der Waals surface area (Å²) in [5.41, 5.74) is 0. The van der Waals surface area contributed by atoms with Gasteiger partial charge in [-0.15, -0.1) is 0 Å². The molecule has 6 heteroatoms. The van der Waals surface area contributed by atoms with Gasteiger partial charge in [0.05, 0.1) is 0 Å². The minimum Gasteiger partial charge on any atom is -0.462 e. The number of hydrogen-bond donors (Lipinski definition) is 0. The first-order chi connectivity index (χ1) is 30.9. The largest absolute Gasteiger partial charge is 0.462 e. The van der Waals surface area contributed by atoms with Crippen molar-refractivity contribution < 1.29 is 28.6 Å². The average Bonchev–Trinajstić information content (AvgIpc) is 3.27. The lowest BCUT2D eigenvalue weighted by Crippen LogP contribution is -2.30. The maximum Gasteiger partial charge on any atom is 0.306 e. The molecule has 0 spiro atoms. The number of rotatable bonds is 52. The first kappa shape index (κ1) is 61.4. The van der Waals surface area contributed by atoms with Gasteiger partial charge in [0.2, 0.25) is 0 Å². The van der Waals surface area contributed by atoms with Crippen LogP contribution in [0.2, 0.25) is 0 Å². The first-order valence-electron chi connectivity index (χ1n) is 28.4. The highest BCUT2D eigenvalue weighted by Crippen LogP contribution is 2.18. The van der Waals surface area contributed by atoms with Gasteiger partial charge in [-0.1, -0.05) is 285 Å². The Morgan fingerprint density at radius 2 is 0.524 bits per heavy atom. The predicted octanol–water partition coefficient (Wildman–Crippen LogP) is 18.6. The third-order valence-electron chi connectivity index (χ3n) is 13.0. The van der Waals surface area contributed by atoms with Crippen LogP contribution in [0.4, 0.5) is 0 Å². The second kappa shape index (κ2) is 51.4. The zero-order valence-corrected chi connectivity index (χ0v) is 43.0. The highest BCUT2D eigenvalue weighted by atomic mass is 16.6. The molecule has 0 aliphatic rings. The lowest BCUT2D eigenvalue weighted by molar-refractivity contribution is -0.167. The van der Waals surface area contributed by atoms with E-state index in [1.165, 1.54) is 218 Å². The van der Waals surface area contributed by atoms with E-state index in [-0.39, 0.29) is 31.1 Å². The van der Waals surface area contributed by atoms with Crippen LogP contribution >= 0.6 is 0 Å². The van der Waals surface area contributed by atoms with Crippen LogP contribution < -0.4 is 0 Å². The zero-order chi connectivity index (χ0) is 45.9. The Morgan fingerprint density at radius 1 is 0.302 bits per heavy atom. The average molecular weight is 892 g/mol. The monoisotopic (exact) mass is 891 g/mol. The molecule has 0 saturated heterocycles. The summed E-state index contributed by atoms with van der Waals surface area (Å²) in [7, 11) is 0. The SMILES string of the molecule is CCCCCCCCCCCCCCCCCCCCCC(=O)OC[C@@H](COC(=O)CCCCCCCCC(C)C)OC(=O)CCCCCCCCCCCCCCCCCCC. The molecular formula is C57H110O6. The lowest BCUT2D eigenvalue weighted by Gasteiger charge is -2.18. The minimum atomic E-state index is -0.762. The highest BCUT2D eigenvalue weighted by Gasteiger charge is 2.19. The van der Waals surface area contributed by atoms with Gasteiger partial charge in [0.25, 0.3) is 0 Å². The molecular weight excluding hydrogens is 781 g/mol. The van der Waals surface area contributed by atoms with Crippen molar-refractivity contribution in [3.63, 3.8) is 0 Å². The van der Waals surface area contributed by atoms with Crippen LogP contribution in [0.15, 0.2) is 0 Å². The van der Waals surface area contributed by atoms with Gasteiger partial charge >= 0.3 is 17.9 Å². The van der Waals surface area contributed by atoms with E-state index in [4.69, 9.17) is 14.2 Å². The van der Waals surface area contributed by atoms with E-state index < -0.39 is 6.10 Å². The Hall–Kier alpha value is -1.59. The summed E-state index contributed by atoms with van der Waals surface area (Å²) < 4.78 is 16.8. The topological polar surface area (TPSA) is 78.9 Å². The van der Waals surface area contributed by atoms with Crippen molar-refractivity contribution in [2.75, 3.05) is 13.2 Å². The van der Waals surface area contributed by atoms with E-state index in [0.29, 0.717) is 19.3 Å². The molecule has 0 fully saturated rings. The highest BCUT2D eigenvalue weighted by molar-refractivity contribution is 5.71. The van der Waals surface area contributed by atoms with Gasteiger partial charge in [-0.2, -0.15) is 0 Å². The summed E-state index contributed by atoms with van der Waals surface area (Å²) in [6.07, 6.45) is 55.4. The third kappa shape index (κ3) is 51.3. The number of unbranched alkanes of at least 4 members (excludes halogenated alkanes) is 39. The number of carbonyl (C=O) groups is 3. The van der Waals surface area contributed by atoms with Gasteiger partial charge in [0.15, 0.2) is 6.10 Å². The van der Waals surface area contributed by atoms with Crippen molar-refractivity contribution in [3.8, 4) is 0 Å². The summed E-state index contributed by atoms with van der Waals surface area (Å²) in [4.78, 5) is 38.0. The maximum atomic E-state index is 12.8. The molecule has 374 valence electrons. The van der Waals surface area contributed by atoms with Crippen LogP contribution in [0.5, 0.6) is 0 Å². The van der Waals surface area contributed by atoms with Gasteiger partial charge in [-0.3, -0.25) is 14.4 Å². The molecule has 0 aromatic heterocycles. The summed E-state index contributed by atoms with van der Waals surface area (Å²) >= 11 is 0. The van der Waals surface area contributed by atoms with Crippen molar-refractivity contribution >= 4 is 17.9 Å². The fraction of sp³-hybridized carbons (Fsp3) is 0.947. The molecule has 0 rings (SSSR count). The Balaban J connectivity index is 4.21. The Kier molecular flexibility index (Phi) is 50.1. The molecule has 63 heavy (non-hydrogen) atoms. The van der Waals surface area contributed by atoms with Crippen molar-refractivity contribution in [1.29, 1.82) is 0 Å². The van der Waals surface area contributed by atoms with Gasteiger partial charge in [-0.05, 0) is 25.2 Å². The molecule has 0 heterocycles. The van der Waals surface area contributed by atoms with E-state index >= 15 is 0 Å². The van der Waals surface area contributed by atoms with Crippen LogP contribution in [0.1, 0.15) is 323 Å². The van der Waals surface area contributed by atoms with Crippen LogP contribution in [0, 0.1) is 5.92 Å². The molecule has 0 N–H and O–H groups in total. The van der Waals surface area contributed by atoms with Crippen LogP contribution in [-0.4, -0.2) is 37.2 Å². The van der Waals surface area contributed by atoms with Crippen molar-refractivity contribution in [2.24, 2.45) is 5.92 Å². The van der Waals surface area contributed by atoms with E-state index in [9.17, 15) is 14.4 Å². The van der Waals surface area contributed by atoms with Gasteiger partial charge in [0, 0.05) is 19.3 Å². The van der Waals surface area contributed by atoms with Crippen molar-refractivity contribution in [2.45, 2.75) is 329 Å². The van der Waals surface area contributed by atoms with Crippen molar-refractivity contribution in [3.05, 3.63) is 0 Å². The molecule has 0 saturated carbocycles. The molecule has 0 radical (unpaired) electrons. The first-order valence-corrected chi connectivity index (χ1v) is 28.4. The molecule has 0 amide bonds. The number of hydrogen-bond acceptors (Lipinski definition) is 6. The Labute approximate surface area is 393 Å². The molecule has 0 aromatic carbocycles. The van der Waals surface area contributed by atoms with E-state index in [1.807, 2.05) is 0 Å². The molecule has 6 nitrogen and oxygen atoms in total. The summed E-state index contributed by atoms with van der Waals surface area (Å²) in [6.45, 7) is 8.98. The molecule has 0 aromatic rings. The van der Waals surface area contributed by atoms with Gasteiger partial charge < -0.3 is 14.2 Å². The predicted molar refractivity (Wildman–Crippen MR) is 270 cm³/mol. The molecule has 0 bridgehead atoms. The molecule has 0 unspecified atom stereocenters. The van der Waals surface area contributed by atoms with E-state index in [1.54, 1.807) is 0 Å². The second-order valence-electron chi connectivity index (χ2n) is 20.1. The normalized spacial score (nSPS) is 12.0. The van der Waals surface area contributed by atoms with Crippen molar-refractivity contribution in [1.82, 2.24) is 0 Å². The zero-order valence-electron chi connectivity index (χ0n) is 43.0. The van der Waals surface area contributed by atoms with Crippen LogP contribution in [0.3, 0.4) is 0 Å². The summed E-state index contributed by atoms with van der Waals surface area (Å²) in [6, 6.07) is 0. The fourth-order valence-corrected chi connectivity index (χ4v) is 8.75. The van der Waals surface area contributed by atoms with E-state index in [0.717, 1.165) is 63.7 Å². The number of carbonyl (C=O) groups excluding carboxylic acids is 3. The van der Waals surface area contributed by atoms with E-state index in [2.05, 4.69) is 27.7 Å². The standard InChI is InChI=1S/C57H110O6/c1-5-7-9-11-13-15-17-19-21-23-24-26-27-29-31-33-35-40-44-48-55(58)61-51-54(52-62-56(59)49-45-41-38-37-39-43-47-53(3)4)63-57(60)50-46-42-36-34-32-30-28-25-22-20-18-16-14-12-10-8-6-2/h53-54H,5-52H2,1-4H3/t54-/m0/s1. The number of esters is 3. The minimum absolute atomic E-state index is 0.0631. The summed E-state index contributed by atoms with van der Waals surface area (Å²) in [5.74, 6) is -0.0805. The smallest absolute Gasteiger partial charge is 0.306 e. The number of ether oxygens (including phenoxy) is 3. The molecule has 0 aliphatic carbocycles.